The van der Waals surface area contributed by atoms with Crippen LogP contribution in [0.25, 0.3) is 5.65 Å². The number of piperidine rings is 1. The van der Waals surface area contributed by atoms with Gasteiger partial charge in [-0.2, -0.15) is 0 Å². The molecule has 1 aliphatic heterocycles. The Morgan fingerprint density at radius 3 is 2.65 bits per heavy atom. The average molecular weight is 439 g/mol. The maximum Gasteiger partial charge on any atom is 0.409 e. The van der Waals surface area contributed by atoms with Crippen molar-refractivity contribution in [3.63, 3.8) is 0 Å². The van der Waals surface area contributed by atoms with Crippen molar-refractivity contribution in [2.75, 3.05) is 19.7 Å². The number of benzene rings is 1. The second kappa shape index (κ2) is 9.87. The van der Waals surface area contributed by atoms with Gasteiger partial charge in [0.15, 0.2) is 0 Å². The zero-order valence-corrected chi connectivity index (χ0v) is 18.3. The van der Waals surface area contributed by atoms with Crippen molar-refractivity contribution in [1.82, 2.24) is 19.6 Å². The molecule has 2 amide bonds. The van der Waals surface area contributed by atoms with Crippen LogP contribution in [0, 0.1) is 0 Å². The van der Waals surface area contributed by atoms with Gasteiger partial charge in [0.05, 0.1) is 12.3 Å². The van der Waals surface area contributed by atoms with E-state index in [0.29, 0.717) is 25.3 Å². The van der Waals surface area contributed by atoms with Gasteiger partial charge in [-0.3, -0.25) is 4.79 Å². The summed E-state index contributed by atoms with van der Waals surface area (Å²) < 4.78 is 7.05. The lowest BCUT2D eigenvalue weighted by atomic mass is 10.0. The van der Waals surface area contributed by atoms with E-state index in [4.69, 9.17) is 4.74 Å². The summed E-state index contributed by atoms with van der Waals surface area (Å²) in [6.07, 6.45) is 5.22. The largest absolute Gasteiger partial charge is 0.450 e. The highest BCUT2D eigenvalue weighted by Crippen LogP contribution is 2.23. The normalized spacial score (nSPS) is 14.5. The molecule has 2 aromatic heterocycles. The molecule has 0 unspecified atom stereocenters. The molecule has 0 saturated carbocycles. The molecule has 31 heavy (non-hydrogen) atoms. The Labute approximate surface area is 185 Å². The van der Waals surface area contributed by atoms with Gasteiger partial charge in [-0.1, -0.05) is 6.07 Å². The molecule has 0 atom stereocenters. The molecule has 1 saturated heterocycles. The molecule has 0 radical (unpaired) electrons. The lowest BCUT2D eigenvalue weighted by Crippen LogP contribution is -2.46. The van der Waals surface area contributed by atoms with Gasteiger partial charge in [-0.25, -0.2) is 9.78 Å². The quantitative estimate of drug-likeness (QED) is 0.589. The number of carbonyl (C=O) groups is 2. The maximum absolute atomic E-state index is 12.6. The number of nitrogens with zero attached hydrogens (tertiary/aromatic N) is 3. The molecule has 3 heterocycles. The number of carbonyl (C=O) groups excluding carboxylic acids is 2. The number of pyridine rings is 1. The molecule has 4 rings (SSSR count). The lowest BCUT2D eigenvalue weighted by molar-refractivity contribution is 0.0860. The van der Waals surface area contributed by atoms with Gasteiger partial charge in [-0.15, -0.1) is 11.8 Å². The Hall–Kier alpha value is -3.00. The van der Waals surface area contributed by atoms with Crippen LogP contribution in [0.3, 0.4) is 0 Å². The number of amides is 2. The maximum atomic E-state index is 12.6. The first-order valence-electron chi connectivity index (χ1n) is 10.5. The topological polar surface area (TPSA) is 75.9 Å². The van der Waals surface area contributed by atoms with Crippen LogP contribution in [0.2, 0.25) is 0 Å². The minimum atomic E-state index is -0.274. The number of hydrogen-bond donors (Lipinski definition) is 1. The van der Waals surface area contributed by atoms with E-state index in [0.717, 1.165) is 34.8 Å². The fourth-order valence-corrected chi connectivity index (χ4v) is 4.39. The number of imidazole rings is 1. The van der Waals surface area contributed by atoms with Crippen LogP contribution in [0.15, 0.2) is 59.8 Å². The minimum absolute atomic E-state index is 0.0716. The van der Waals surface area contributed by atoms with E-state index in [1.54, 1.807) is 23.6 Å². The van der Waals surface area contributed by atoms with Crippen molar-refractivity contribution in [3.8, 4) is 0 Å². The summed E-state index contributed by atoms with van der Waals surface area (Å²) in [4.78, 5) is 31.8. The minimum Gasteiger partial charge on any atom is -0.450 e. The van der Waals surface area contributed by atoms with Gasteiger partial charge in [0, 0.05) is 47.7 Å². The highest BCUT2D eigenvalue weighted by atomic mass is 32.2. The van der Waals surface area contributed by atoms with Crippen molar-refractivity contribution in [1.29, 1.82) is 0 Å². The third kappa shape index (κ3) is 5.38. The van der Waals surface area contributed by atoms with E-state index in [9.17, 15) is 9.59 Å². The van der Waals surface area contributed by atoms with Crippen LogP contribution in [-0.4, -0.2) is 52.0 Å². The van der Waals surface area contributed by atoms with Crippen molar-refractivity contribution in [2.45, 2.75) is 36.5 Å². The molecule has 1 N–H and O–H groups in total. The number of ether oxygens (including phenoxy) is 1. The van der Waals surface area contributed by atoms with E-state index < -0.39 is 0 Å². The van der Waals surface area contributed by atoms with Gasteiger partial charge >= 0.3 is 6.09 Å². The molecular weight excluding hydrogens is 412 g/mol. The third-order valence-electron chi connectivity index (χ3n) is 5.27. The number of thioether (sulfide) groups is 1. The molecule has 0 spiro atoms. The van der Waals surface area contributed by atoms with E-state index in [2.05, 4.69) is 10.3 Å². The summed E-state index contributed by atoms with van der Waals surface area (Å²) in [5.74, 6) is 0.693. The van der Waals surface area contributed by atoms with Crippen LogP contribution >= 0.6 is 11.8 Å². The smallest absolute Gasteiger partial charge is 0.409 e. The standard InChI is InChI=1S/C23H26N4O3S/c1-2-30-23(29)26-13-10-18(11-14-26)25-22(28)17-6-8-20(9-7-17)31-16-19-15-27-12-4-3-5-21(27)24-19/h3-9,12,15,18H,2,10-11,13-14,16H2,1H3,(H,25,28). The number of aromatic nitrogens is 2. The van der Waals surface area contributed by atoms with E-state index in [-0.39, 0.29) is 18.0 Å². The summed E-state index contributed by atoms with van der Waals surface area (Å²) in [7, 11) is 0. The second-order valence-corrected chi connectivity index (χ2v) is 8.49. The fraction of sp³-hybridized carbons (Fsp3) is 0.348. The van der Waals surface area contributed by atoms with E-state index >= 15 is 0 Å². The van der Waals surface area contributed by atoms with Gasteiger partial charge in [0.1, 0.15) is 5.65 Å². The molecule has 7 nitrogen and oxygen atoms in total. The SMILES string of the molecule is CCOC(=O)N1CCC(NC(=O)c2ccc(SCc3cn4ccccc4n3)cc2)CC1. The molecular formula is C23H26N4O3S. The molecule has 0 bridgehead atoms. The van der Waals surface area contributed by atoms with Crippen LogP contribution in [0.5, 0.6) is 0 Å². The Morgan fingerprint density at radius 2 is 1.94 bits per heavy atom. The van der Waals surface area contributed by atoms with Crippen molar-refractivity contribution >= 4 is 29.4 Å². The zero-order chi connectivity index (χ0) is 21.6. The molecule has 0 aliphatic carbocycles. The van der Waals surface area contributed by atoms with E-state index in [1.807, 2.05) is 59.3 Å². The Balaban J connectivity index is 1.26. The average Bonchev–Trinajstić information content (AvgIpc) is 3.22. The highest BCUT2D eigenvalue weighted by molar-refractivity contribution is 7.98. The van der Waals surface area contributed by atoms with Gasteiger partial charge < -0.3 is 19.4 Å². The van der Waals surface area contributed by atoms with Gasteiger partial charge in [-0.05, 0) is 56.2 Å². The molecule has 162 valence electrons. The van der Waals surface area contributed by atoms with E-state index in [1.165, 1.54) is 0 Å². The summed E-state index contributed by atoms with van der Waals surface area (Å²) in [6, 6.07) is 13.7. The third-order valence-corrected chi connectivity index (χ3v) is 6.32. The Morgan fingerprint density at radius 1 is 1.16 bits per heavy atom. The first-order valence-corrected chi connectivity index (χ1v) is 11.5. The van der Waals surface area contributed by atoms with Crippen LogP contribution in [0.4, 0.5) is 4.79 Å². The number of nitrogens with one attached hydrogen (secondary N) is 1. The van der Waals surface area contributed by atoms with Gasteiger partial charge in [0.25, 0.3) is 5.91 Å². The first kappa shape index (κ1) is 21.2. The van der Waals surface area contributed by atoms with Crippen molar-refractivity contribution in [2.24, 2.45) is 0 Å². The van der Waals surface area contributed by atoms with Gasteiger partial charge in [0.2, 0.25) is 0 Å². The summed E-state index contributed by atoms with van der Waals surface area (Å²) in [5, 5.41) is 3.08. The summed E-state index contributed by atoms with van der Waals surface area (Å²) in [5.41, 5.74) is 2.61. The monoisotopic (exact) mass is 438 g/mol. The highest BCUT2D eigenvalue weighted by Gasteiger charge is 2.24. The molecule has 1 fully saturated rings. The first-order chi connectivity index (χ1) is 15.1. The number of rotatable bonds is 6. The van der Waals surface area contributed by atoms with Crippen LogP contribution in [0.1, 0.15) is 35.8 Å². The predicted octanol–water partition coefficient (Wildman–Crippen LogP) is 3.98. The number of likely N-dealkylation sites (tertiary alicyclic amines) is 1. The Kier molecular flexibility index (Phi) is 6.76. The number of fused-ring (bicyclic) bond motifs is 1. The zero-order valence-electron chi connectivity index (χ0n) is 17.5. The second-order valence-electron chi connectivity index (χ2n) is 7.45. The molecule has 3 aromatic rings. The fourth-order valence-electron chi connectivity index (χ4n) is 3.61. The Bertz CT molecular complexity index is 1010. The lowest BCUT2D eigenvalue weighted by Gasteiger charge is -2.31. The van der Waals surface area contributed by atoms with Crippen molar-refractivity contribution < 1.29 is 14.3 Å². The summed E-state index contributed by atoms with van der Waals surface area (Å²) >= 11 is 1.69. The summed E-state index contributed by atoms with van der Waals surface area (Å²) in [6.45, 7) is 3.38. The van der Waals surface area contributed by atoms with Crippen LogP contribution < -0.4 is 5.32 Å². The van der Waals surface area contributed by atoms with Crippen molar-refractivity contribution in [3.05, 3.63) is 66.1 Å². The predicted molar refractivity (Wildman–Crippen MR) is 120 cm³/mol. The number of hydrogen-bond acceptors (Lipinski definition) is 5. The molecule has 1 aliphatic rings. The van der Waals surface area contributed by atoms with Crippen LogP contribution in [-0.2, 0) is 10.5 Å². The molecule has 1 aromatic carbocycles. The molecule has 8 heteroatoms.